The molecule has 0 radical (unpaired) electrons. The number of halogens is 5. The molecule has 0 N–H and O–H groups in total. The van der Waals surface area contributed by atoms with E-state index in [4.69, 9.17) is 46.4 Å². The Kier molecular flexibility index (Phi) is 6.16. The monoisotopic (exact) mass is 415 g/mol. The normalized spacial score (nSPS) is 11.8. The number of hydrogen-bond donors (Lipinski definition) is 0. The van der Waals surface area contributed by atoms with Crippen LogP contribution in [-0.4, -0.2) is 17.2 Å². The smallest absolute Gasteiger partial charge is 0.266 e. The molecule has 0 bridgehead atoms. The van der Waals surface area contributed by atoms with Gasteiger partial charge in [-0.15, -0.1) is 23.1 Å². The molecule has 2 rings (SSSR count). The SMILES string of the molecule is CSC(=NC(=O)c1sc(Cl)c(Cl)c1Cl)c1c(F)cccc1Cl. The molecule has 0 aliphatic heterocycles. The van der Waals surface area contributed by atoms with Gasteiger partial charge in [0.25, 0.3) is 5.91 Å². The average molecular weight is 417 g/mol. The first-order chi connectivity index (χ1) is 10.4. The minimum Gasteiger partial charge on any atom is -0.266 e. The molecule has 2 aromatic rings. The lowest BCUT2D eigenvalue weighted by molar-refractivity contribution is 0.101. The summed E-state index contributed by atoms with van der Waals surface area (Å²) in [5.74, 6) is -1.23. The van der Waals surface area contributed by atoms with E-state index in [1.54, 1.807) is 6.26 Å². The Morgan fingerprint density at radius 3 is 2.41 bits per heavy atom. The largest absolute Gasteiger partial charge is 0.289 e. The van der Waals surface area contributed by atoms with Crippen molar-refractivity contribution >= 4 is 80.5 Å². The van der Waals surface area contributed by atoms with Crippen LogP contribution < -0.4 is 0 Å². The zero-order chi connectivity index (χ0) is 16.4. The number of benzene rings is 1. The Balaban J connectivity index is 2.49. The minimum absolute atomic E-state index is 0.0329. The highest BCUT2D eigenvalue weighted by Gasteiger charge is 2.21. The average Bonchev–Trinajstić information content (AvgIpc) is 2.73. The van der Waals surface area contributed by atoms with Crippen molar-refractivity contribution in [2.24, 2.45) is 4.99 Å². The molecule has 0 saturated carbocycles. The van der Waals surface area contributed by atoms with Crippen LogP contribution in [0.25, 0.3) is 0 Å². The van der Waals surface area contributed by atoms with Gasteiger partial charge in [-0.3, -0.25) is 4.79 Å². The first-order valence-electron chi connectivity index (χ1n) is 5.61. The zero-order valence-electron chi connectivity index (χ0n) is 10.8. The number of hydrogen-bond acceptors (Lipinski definition) is 3. The fourth-order valence-electron chi connectivity index (χ4n) is 1.55. The van der Waals surface area contributed by atoms with Crippen LogP contribution in [0.5, 0.6) is 0 Å². The summed E-state index contributed by atoms with van der Waals surface area (Å²) in [5, 5.41) is 0.436. The molecule has 0 saturated heterocycles. The third-order valence-electron chi connectivity index (χ3n) is 2.52. The maximum absolute atomic E-state index is 13.9. The van der Waals surface area contributed by atoms with Gasteiger partial charge in [-0.2, -0.15) is 0 Å². The molecule has 0 aliphatic rings. The van der Waals surface area contributed by atoms with E-state index in [9.17, 15) is 9.18 Å². The van der Waals surface area contributed by atoms with Crippen molar-refractivity contribution in [3.63, 3.8) is 0 Å². The fraction of sp³-hybridized carbons (Fsp3) is 0.0769. The summed E-state index contributed by atoms with van der Waals surface area (Å²) in [7, 11) is 0. The molecule has 0 unspecified atom stereocenters. The first kappa shape index (κ1) is 18.0. The Morgan fingerprint density at radius 1 is 1.23 bits per heavy atom. The minimum atomic E-state index is -0.660. The molecule has 0 fully saturated rings. The van der Waals surface area contributed by atoms with Gasteiger partial charge < -0.3 is 0 Å². The zero-order valence-corrected chi connectivity index (χ0v) is 15.5. The van der Waals surface area contributed by atoms with E-state index in [1.165, 1.54) is 18.2 Å². The van der Waals surface area contributed by atoms with Crippen molar-refractivity contribution in [3.8, 4) is 0 Å². The molecule has 1 aromatic carbocycles. The van der Waals surface area contributed by atoms with Crippen LogP contribution in [0.15, 0.2) is 23.2 Å². The Hall–Kier alpha value is -0.300. The number of carbonyl (C=O) groups is 1. The van der Waals surface area contributed by atoms with Gasteiger partial charge in [-0.1, -0.05) is 52.5 Å². The van der Waals surface area contributed by atoms with Crippen molar-refractivity contribution in [1.82, 2.24) is 0 Å². The molecule has 1 amide bonds. The van der Waals surface area contributed by atoms with E-state index >= 15 is 0 Å². The van der Waals surface area contributed by atoms with Gasteiger partial charge >= 0.3 is 0 Å². The van der Waals surface area contributed by atoms with E-state index in [0.717, 1.165) is 23.1 Å². The third-order valence-corrected chi connectivity index (χ3v) is 6.08. The number of thioether (sulfide) groups is 1. The molecule has 0 atom stereocenters. The van der Waals surface area contributed by atoms with Crippen LogP contribution >= 0.6 is 69.5 Å². The lowest BCUT2D eigenvalue weighted by atomic mass is 10.2. The van der Waals surface area contributed by atoms with Gasteiger partial charge in [-0.25, -0.2) is 9.38 Å². The third kappa shape index (κ3) is 3.61. The van der Waals surface area contributed by atoms with Crippen LogP contribution in [0.1, 0.15) is 15.2 Å². The molecule has 9 heteroatoms. The first-order valence-corrected chi connectivity index (χ1v) is 9.16. The lowest BCUT2D eigenvalue weighted by Gasteiger charge is -2.06. The van der Waals surface area contributed by atoms with Gasteiger partial charge in [0.2, 0.25) is 0 Å². The molecule has 22 heavy (non-hydrogen) atoms. The Labute approximate surface area is 154 Å². The standard InChI is InChI=1S/C13H6Cl4FNOS2/c1-21-13(7-5(14)3-2-4-6(7)18)19-12(20)10-8(15)9(16)11(17)22-10/h2-4H,1H3. The van der Waals surface area contributed by atoms with Crippen LogP contribution in [0.4, 0.5) is 4.39 Å². The summed E-state index contributed by atoms with van der Waals surface area (Å²) in [4.78, 5) is 16.2. The summed E-state index contributed by atoms with van der Waals surface area (Å²) < 4.78 is 14.1. The summed E-state index contributed by atoms with van der Waals surface area (Å²) >= 11 is 25.6. The van der Waals surface area contributed by atoms with Crippen molar-refractivity contribution in [3.05, 3.63) is 53.9 Å². The molecule has 0 spiro atoms. The van der Waals surface area contributed by atoms with Crippen LogP contribution in [0.3, 0.4) is 0 Å². The van der Waals surface area contributed by atoms with Crippen molar-refractivity contribution in [2.45, 2.75) is 0 Å². The topological polar surface area (TPSA) is 29.4 Å². The molecule has 2 nitrogen and oxygen atoms in total. The predicted molar refractivity (Wildman–Crippen MR) is 95.1 cm³/mol. The summed E-state index contributed by atoms with van der Waals surface area (Å²) in [6, 6.07) is 4.22. The Bertz CT molecular complexity index is 755. The maximum Gasteiger partial charge on any atom is 0.289 e. The highest BCUT2D eigenvalue weighted by Crippen LogP contribution is 2.40. The van der Waals surface area contributed by atoms with Crippen LogP contribution in [-0.2, 0) is 0 Å². The number of thiophene rings is 1. The van der Waals surface area contributed by atoms with E-state index < -0.39 is 11.7 Å². The van der Waals surface area contributed by atoms with Crippen molar-refractivity contribution in [1.29, 1.82) is 0 Å². The van der Waals surface area contributed by atoms with Crippen molar-refractivity contribution in [2.75, 3.05) is 6.26 Å². The fourth-order valence-corrected chi connectivity index (χ4v) is 4.13. The van der Waals surface area contributed by atoms with Gasteiger partial charge in [0.1, 0.15) is 20.1 Å². The second-order valence-corrected chi connectivity index (χ2v) is 7.44. The van der Waals surface area contributed by atoms with Crippen LogP contribution in [0.2, 0.25) is 19.4 Å². The number of carbonyl (C=O) groups excluding carboxylic acids is 1. The van der Waals surface area contributed by atoms with Gasteiger partial charge in [0.05, 0.1) is 20.6 Å². The van der Waals surface area contributed by atoms with Gasteiger partial charge in [0, 0.05) is 0 Å². The Morgan fingerprint density at radius 2 is 1.91 bits per heavy atom. The van der Waals surface area contributed by atoms with E-state index in [0.29, 0.717) is 0 Å². The number of amides is 1. The molecule has 116 valence electrons. The van der Waals surface area contributed by atoms with E-state index in [1.807, 2.05) is 0 Å². The second-order valence-electron chi connectivity index (χ2n) is 3.86. The molecule has 1 aromatic heterocycles. The predicted octanol–water partition coefficient (Wildman–Crippen LogP) is 6.45. The molecular formula is C13H6Cl4FNOS2. The van der Waals surface area contributed by atoms with Gasteiger partial charge in [0.15, 0.2) is 0 Å². The van der Waals surface area contributed by atoms with E-state index in [-0.39, 0.29) is 34.9 Å². The highest BCUT2D eigenvalue weighted by molar-refractivity contribution is 8.13. The summed E-state index contributed by atoms with van der Waals surface area (Å²) in [5.41, 5.74) is 0.0647. The van der Waals surface area contributed by atoms with Crippen molar-refractivity contribution < 1.29 is 9.18 Å². The maximum atomic E-state index is 13.9. The highest BCUT2D eigenvalue weighted by atomic mass is 35.5. The number of nitrogens with zero attached hydrogens (tertiary/aromatic N) is 1. The van der Waals surface area contributed by atoms with Crippen LogP contribution in [0, 0.1) is 5.82 Å². The lowest BCUT2D eigenvalue weighted by Crippen LogP contribution is -2.04. The molecule has 1 heterocycles. The second kappa shape index (κ2) is 7.51. The summed E-state index contributed by atoms with van der Waals surface area (Å²) in [6.45, 7) is 0. The molecule has 0 aliphatic carbocycles. The van der Waals surface area contributed by atoms with E-state index in [2.05, 4.69) is 4.99 Å². The quantitative estimate of drug-likeness (QED) is 0.415. The summed E-state index contributed by atoms with van der Waals surface area (Å²) in [6.07, 6.45) is 1.66. The number of rotatable bonds is 2. The molecular weight excluding hydrogens is 411 g/mol. The number of aliphatic imine (C=N–C) groups is 1. The van der Waals surface area contributed by atoms with Gasteiger partial charge in [-0.05, 0) is 18.4 Å².